The second kappa shape index (κ2) is 4.08. The van der Waals surface area contributed by atoms with Gasteiger partial charge in [-0.3, -0.25) is 0 Å². The second-order valence-corrected chi connectivity index (χ2v) is 2.79. The summed E-state index contributed by atoms with van der Waals surface area (Å²) in [5, 5.41) is 1.29. The van der Waals surface area contributed by atoms with Gasteiger partial charge in [0.2, 0.25) is 6.20 Å². The van der Waals surface area contributed by atoms with Crippen LogP contribution in [-0.2, 0) is 14.1 Å². The zero-order valence-corrected chi connectivity index (χ0v) is 8.78. The minimum atomic E-state index is 1.27. The SMILES string of the molecule is CC.Cn1c2ccccc2c[n+]1C. The largest absolute Gasteiger partial charge is 0.203 e. The van der Waals surface area contributed by atoms with Crippen LogP contribution in [0.2, 0.25) is 0 Å². The number of rotatable bonds is 0. The third kappa shape index (κ3) is 1.72. The fourth-order valence-electron chi connectivity index (χ4n) is 1.35. The van der Waals surface area contributed by atoms with E-state index < -0.39 is 0 Å². The van der Waals surface area contributed by atoms with E-state index in [4.69, 9.17) is 0 Å². The van der Waals surface area contributed by atoms with E-state index >= 15 is 0 Å². The smallest absolute Gasteiger partial charge is 0.156 e. The average molecular weight is 177 g/mol. The van der Waals surface area contributed by atoms with Crippen molar-refractivity contribution in [3.63, 3.8) is 0 Å². The lowest BCUT2D eigenvalue weighted by atomic mass is 10.3. The molecule has 1 aromatic heterocycles. The number of hydrogen-bond donors (Lipinski definition) is 0. The van der Waals surface area contributed by atoms with Gasteiger partial charge < -0.3 is 0 Å². The Labute approximate surface area is 79.4 Å². The maximum atomic E-state index is 2.12. The van der Waals surface area contributed by atoms with Crippen LogP contribution in [-0.4, -0.2) is 4.68 Å². The quantitative estimate of drug-likeness (QED) is 0.544. The van der Waals surface area contributed by atoms with Crippen molar-refractivity contribution in [3.05, 3.63) is 30.5 Å². The summed E-state index contributed by atoms with van der Waals surface area (Å²) >= 11 is 0. The first-order valence-electron chi connectivity index (χ1n) is 4.69. The van der Waals surface area contributed by atoms with Gasteiger partial charge in [0.05, 0.1) is 12.4 Å². The third-order valence-electron chi connectivity index (χ3n) is 2.08. The predicted molar refractivity (Wildman–Crippen MR) is 55.4 cm³/mol. The fraction of sp³-hybridized carbons (Fsp3) is 0.364. The van der Waals surface area contributed by atoms with Crippen LogP contribution in [0.15, 0.2) is 30.5 Å². The van der Waals surface area contributed by atoms with Gasteiger partial charge in [-0.25, -0.2) is 0 Å². The molecule has 1 heterocycles. The summed E-state index contributed by atoms with van der Waals surface area (Å²) in [4.78, 5) is 0. The first-order chi connectivity index (χ1) is 6.29. The molecule has 0 saturated carbocycles. The molecule has 0 fully saturated rings. The average Bonchev–Trinajstić information content (AvgIpc) is 2.47. The monoisotopic (exact) mass is 177 g/mol. The van der Waals surface area contributed by atoms with Gasteiger partial charge in [0.25, 0.3) is 0 Å². The maximum Gasteiger partial charge on any atom is 0.203 e. The van der Waals surface area contributed by atoms with Crippen LogP contribution < -0.4 is 4.68 Å². The van der Waals surface area contributed by atoms with E-state index in [-0.39, 0.29) is 0 Å². The first kappa shape index (κ1) is 9.78. The van der Waals surface area contributed by atoms with Crippen LogP contribution in [0.4, 0.5) is 0 Å². The minimum Gasteiger partial charge on any atom is -0.156 e. The molecule has 0 bridgehead atoms. The van der Waals surface area contributed by atoms with E-state index in [2.05, 4.69) is 46.9 Å². The summed E-state index contributed by atoms with van der Waals surface area (Å²) in [7, 11) is 4.10. The Balaban J connectivity index is 0.000000396. The highest BCUT2D eigenvalue weighted by Crippen LogP contribution is 2.08. The van der Waals surface area contributed by atoms with Gasteiger partial charge in [0, 0.05) is 0 Å². The Morgan fingerprint density at radius 3 is 2.38 bits per heavy atom. The Kier molecular flexibility index (Phi) is 3.07. The molecule has 0 aliphatic carbocycles. The van der Waals surface area contributed by atoms with Crippen molar-refractivity contribution in [2.75, 3.05) is 0 Å². The van der Waals surface area contributed by atoms with Gasteiger partial charge in [0.1, 0.15) is 5.52 Å². The van der Waals surface area contributed by atoms with Crippen molar-refractivity contribution in [1.29, 1.82) is 0 Å². The van der Waals surface area contributed by atoms with Crippen molar-refractivity contribution < 1.29 is 4.68 Å². The fourth-order valence-corrected chi connectivity index (χ4v) is 1.35. The Morgan fingerprint density at radius 1 is 1.15 bits per heavy atom. The molecular formula is C11H17N2+. The van der Waals surface area contributed by atoms with E-state index in [9.17, 15) is 0 Å². The molecule has 0 atom stereocenters. The number of hydrogen-bond acceptors (Lipinski definition) is 0. The third-order valence-corrected chi connectivity index (χ3v) is 2.08. The van der Waals surface area contributed by atoms with Crippen LogP contribution in [0.3, 0.4) is 0 Å². The lowest BCUT2D eigenvalue weighted by Gasteiger charge is -1.89. The Hall–Kier alpha value is -1.31. The standard InChI is InChI=1S/C9H11N2.C2H6/c1-10-7-8-5-3-4-6-9(8)11(10)2;1-2/h3-7H,1-2H3;1-2H3/q+1;. The summed E-state index contributed by atoms with van der Waals surface area (Å²) in [6.45, 7) is 4.00. The molecule has 0 radical (unpaired) electrons. The molecule has 2 aromatic rings. The minimum absolute atomic E-state index is 1.27. The molecule has 0 amide bonds. The van der Waals surface area contributed by atoms with Crippen molar-refractivity contribution in [3.8, 4) is 0 Å². The van der Waals surface area contributed by atoms with Gasteiger partial charge in [-0.05, 0) is 12.1 Å². The molecule has 0 saturated heterocycles. The zero-order valence-electron chi connectivity index (χ0n) is 8.78. The molecule has 0 aliphatic rings. The highest BCUT2D eigenvalue weighted by Gasteiger charge is 2.05. The van der Waals surface area contributed by atoms with Crippen LogP contribution in [0.1, 0.15) is 13.8 Å². The lowest BCUT2D eigenvalue weighted by molar-refractivity contribution is -0.748. The molecule has 2 heteroatoms. The Morgan fingerprint density at radius 2 is 1.77 bits per heavy atom. The molecule has 13 heavy (non-hydrogen) atoms. The molecule has 2 nitrogen and oxygen atoms in total. The van der Waals surface area contributed by atoms with Gasteiger partial charge >= 0.3 is 0 Å². The van der Waals surface area contributed by atoms with Gasteiger partial charge in [0.15, 0.2) is 7.05 Å². The normalized spacial score (nSPS) is 9.54. The number of nitrogens with zero attached hydrogens (tertiary/aromatic N) is 2. The topological polar surface area (TPSA) is 8.81 Å². The molecular weight excluding hydrogens is 160 g/mol. The van der Waals surface area contributed by atoms with Crippen molar-refractivity contribution in [1.82, 2.24) is 4.68 Å². The van der Waals surface area contributed by atoms with E-state index in [1.54, 1.807) is 0 Å². The van der Waals surface area contributed by atoms with Gasteiger partial charge in [-0.1, -0.05) is 26.0 Å². The van der Waals surface area contributed by atoms with E-state index in [0.717, 1.165) is 0 Å². The molecule has 0 aliphatic heterocycles. The summed E-state index contributed by atoms with van der Waals surface area (Å²) in [5.74, 6) is 0. The second-order valence-electron chi connectivity index (χ2n) is 2.79. The lowest BCUT2D eigenvalue weighted by Crippen LogP contribution is -2.35. The highest BCUT2D eigenvalue weighted by molar-refractivity contribution is 5.76. The van der Waals surface area contributed by atoms with Crippen molar-refractivity contribution >= 4 is 10.9 Å². The molecule has 70 valence electrons. The number of benzene rings is 1. The maximum absolute atomic E-state index is 2.12. The first-order valence-corrected chi connectivity index (χ1v) is 4.69. The molecule has 2 rings (SSSR count). The van der Waals surface area contributed by atoms with Crippen molar-refractivity contribution in [2.45, 2.75) is 13.8 Å². The summed E-state index contributed by atoms with van der Waals surface area (Å²) < 4.78 is 4.19. The van der Waals surface area contributed by atoms with E-state index in [0.29, 0.717) is 0 Å². The van der Waals surface area contributed by atoms with Gasteiger partial charge in [-0.15, -0.1) is 4.68 Å². The molecule has 0 N–H and O–H groups in total. The summed E-state index contributed by atoms with van der Waals surface area (Å²) in [6, 6.07) is 8.36. The van der Waals surface area contributed by atoms with Gasteiger partial charge in [-0.2, -0.15) is 4.68 Å². The van der Waals surface area contributed by atoms with Crippen LogP contribution >= 0.6 is 0 Å². The van der Waals surface area contributed by atoms with E-state index in [1.165, 1.54) is 10.9 Å². The predicted octanol–water partition coefficient (Wildman–Crippen LogP) is 2.03. The summed E-state index contributed by atoms with van der Waals surface area (Å²) in [6.07, 6.45) is 2.12. The zero-order chi connectivity index (χ0) is 9.84. The molecule has 1 aromatic carbocycles. The van der Waals surface area contributed by atoms with E-state index in [1.807, 2.05) is 20.9 Å². The van der Waals surface area contributed by atoms with Crippen LogP contribution in [0, 0.1) is 0 Å². The summed E-state index contributed by atoms with van der Waals surface area (Å²) in [5.41, 5.74) is 1.27. The number of aromatic nitrogens is 2. The molecule has 0 unspecified atom stereocenters. The van der Waals surface area contributed by atoms with Crippen LogP contribution in [0.25, 0.3) is 10.9 Å². The number of para-hydroxylation sites is 1. The number of fused-ring (bicyclic) bond motifs is 1. The molecule has 0 spiro atoms. The number of aryl methyl sites for hydroxylation is 2. The Bertz CT molecular complexity index is 388. The van der Waals surface area contributed by atoms with Crippen molar-refractivity contribution in [2.24, 2.45) is 14.1 Å². The highest BCUT2D eigenvalue weighted by atomic mass is 15.4. The van der Waals surface area contributed by atoms with Crippen LogP contribution in [0.5, 0.6) is 0 Å².